The number of methoxy groups -OCH3 is 1. The van der Waals surface area contributed by atoms with E-state index in [1.165, 1.54) is 12.8 Å². The van der Waals surface area contributed by atoms with Gasteiger partial charge in [-0.1, -0.05) is 11.6 Å². The van der Waals surface area contributed by atoms with Crippen LogP contribution >= 0.6 is 11.6 Å². The Morgan fingerprint density at radius 1 is 1.43 bits per heavy atom. The topological polar surface area (TPSA) is 62.3 Å². The molecule has 21 heavy (non-hydrogen) atoms. The first-order chi connectivity index (χ1) is 10.1. The normalized spacial score (nSPS) is 14.2. The van der Waals surface area contributed by atoms with Gasteiger partial charge in [0.05, 0.1) is 24.9 Å². The van der Waals surface area contributed by atoms with E-state index in [4.69, 9.17) is 26.8 Å². The van der Waals surface area contributed by atoms with Gasteiger partial charge in [0.15, 0.2) is 11.5 Å². The molecule has 1 heterocycles. The van der Waals surface area contributed by atoms with Crippen LogP contribution in [-0.2, 0) is 7.05 Å². The average molecular weight is 308 g/mol. The highest BCUT2D eigenvalue weighted by Crippen LogP contribution is 2.41. The van der Waals surface area contributed by atoms with E-state index >= 15 is 0 Å². The van der Waals surface area contributed by atoms with E-state index in [-0.39, 0.29) is 0 Å². The zero-order valence-electron chi connectivity index (χ0n) is 12.1. The first-order valence-corrected chi connectivity index (χ1v) is 7.26. The lowest BCUT2D eigenvalue weighted by atomic mass is 10.1. The summed E-state index contributed by atoms with van der Waals surface area (Å²) in [6.45, 7) is 0.693. The molecular weight excluding hydrogens is 290 g/mol. The fourth-order valence-electron chi connectivity index (χ4n) is 2.19. The lowest BCUT2D eigenvalue weighted by Gasteiger charge is -2.14. The van der Waals surface area contributed by atoms with Crippen molar-refractivity contribution in [1.82, 2.24) is 9.78 Å². The monoisotopic (exact) mass is 307 g/mol. The number of nitrogens with zero attached hydrogens (tertiary/aromatic N) is 2. The third-order valence-corrected chi connectivity index (χ3v) is 3.96. The summed E-state index contributed by atoms with van der Waals surface area (Å²) in [4.78, 5) is 0. The van der Waals surface area contributed by atoms with Gasteiger partial charge in [-0.2, -0.15) is 5.10 Å². The van der Waals surface area contributed by atoms with Crippen LogP contribution in [0.1, 0.15) is 12.8 Å². The Labute approximate surface area is 128 Å². The Morgan fingerprint density at radius 3 is 2.76 bits per heavy atom. The Hall–Kier alpha value is -1.88. The molecular formula is C15H18ClN3O2. The number of ether oxygens (including phenoxy) is 2. The van der Waals surface area contributed by atoms with E-state index in [1.54, 1.807) is 25.0 Å². The van der Waals surface area contributed by atoms with E-state index in [0.29, 0.717) is 34.9 Å². The van der Waals surface area contributed by atoms with E-state index < -0.39 is 0 Å². The number of nitrogens with two attached hydrogens (primary N) is 1. The first kappa shape index (κ1) is 14.1. The molecule has 1 aromatic carbocycles. The van der Waals surface area contributed by atoms with Crippen molar-refractivity contribution in [2.45, 2.75) is 12.8 Å². The van der Waals surface area contributed by atoms with Crippen molar-refractivity contribution in [2.24, 2.45) is 13.0 Å². The lowest BCUT2D eigenvalue weighted by Crippen LogP contribution is -2.02. The molecule has 0 aliphatic heterocycles. The van der Waals surface area contributed by atoms with Gasteiger partial charge in [-0.15, -0.1) is 0 Å². The van der Waals surface area contributed by atoms with Crippen LogP contribution < -0.4 is 15.2 Å². The van der Waals surface area contributed by atoms with Gasteiger partial charge >= 0.3 is 0 Å². The minimum Gasteiger partial charge on any atom is -0.491 e. The first-order valence-electron chi connectivity index (χ1n) is 6.88. The van der Waals surface area contributed by atoms with Gasteiger partial charge < -0.3 is 15.2 Å². The Morgan fingerprint density at radius 2 is 2.19 bits per heavy atom. The summed E-state index contributed by atoms with van der Waals surface area (Å²) in [6, 6.07) is 3.72. The maximum Gasteiger partial charge on any atom is 0.179 e. The number of aromatic nitrogens is 2. The highest BCUT2D eigenvalue weighted by molar-refractivity contribution is 6.32. The highest BCUT2D eigenvalue weighted by Gasteiger charge is 2.23. The smallest absolute Gasteiger partial charge is 0.179 e. The van der Waals surface area contributed by atoms with Gasteiger partial charge in [-0.05, 0) is 36.5 Å². The molecule has 3 rings (SSSR count). The fraction of sp³-hybridized carbons (Fsp3) is 0.400. The quantitative estimate of drug-likeness (QED) is 0.922. The van der Waals surface area contributed by atoms with Crippen molar-refractivity contribution in [3.05, 3.63) is 23.4 Å². The van der Waals surface area contributed by atoms with Crippen molar-refractivity contribution in [3.8, 4) is 22.6 Å². The Kier molecular flexibility index (Phi) is 3.68. The van der Waals surface area contributed by atoms with E-state index in [2.05, 4.69) is 5.10 Å². The minimum absolute atomic E-state index is 0.504. The predicted octanol–water partition coefficient (Wildman–Crippen LogP) is 3.12. The molecule has 0 unspecified atom stereocenters. The molecule has 112 valence electrons. The van der Waals surface area contributed by atoms with Crippen LogP contribution in [0, 0.1) is 5.92 Å². The van der Waals surface area contributed by atoms with Crippen LogP contribution in [0.5, 0.6) is 11.5 Å². The fourth-order valence-corrected chi connectivity index (χ4v) is 2.48. The third kappa shape index (κ3) is 2.78. The molecule has 5 nitrogen and oxygen atoms in total. The van der Waals surface area contributed by atoms with E-state index in [9.17, 15) is 0 Å². The van der Waals surface area contributed by atoms with Gasteiger partial charge in [-0.25, -0.2) is 0 Å². The zero-order valence-corrected chi connectivity index (χ0v) is 12.9. The Balaban J connectivity index is 1.98. The molecule has 0 bridgehead atoms. The molecule has 1 aliphatic rings. The van der Waals surface area contributed by atoms with Crippen LogP contribution in [-0.4, -0.2) is 23.5 Å². The van der Waals surface area contributed by atoms with Crippen LogP contribution in [0.4, 0.5) is 5.82 Å². The van der Waals surface area contributed by atoms with Gasteiger partial charge in [-0.3, -0.25) is 4.68 Å². The molecule has 0 saturated heterocycles. The number of hydrogen-bond donors (Lipinski definition) is 1. The second-order valence-electron chi connectivity index (χ2n) is 5.31. The molecule has 0 atom stereocenters. The largest absolute Gasteiger partial charge is 0.491 e. The standard InChI is InChI=1S/C15H18ClN3O2/c1-19-15(17)11(7-18-19)10-5-12(16)14(20-2)13(6-10)21-8-9-3-4-9/h5-7,9H,3-4,8,17H2,1-2H3. The summed E-state index contributed by atoms with van der Waals surface area (Å²) in [5, 5.41) is 4.66. The molecule has 0 amide bonds. The van der Waals surface area contributed by atoms with E-state index in [0.717, 1.165) is 11.1 Å². The molecule has 6 heteroatoms. The summed E-state index contributed by atoms with van der Waals surface area (Å²) in [5.41, 5.74) is 7.73. The SMILES string of the molecule is COc1c(Cl)cc(-c2cnn(C)c2N)cc1OCC1CC1. The highest BCUT2D eigenvalue weighted by atomic mass is 35.5. The predicted molar refractivity (Wildman–Crippen MR) is 82.8 cm³/mol. The molecule has 1 saturated carbocycles. The summed E-state index contributed by atoms with van der Waals surface area (Å²) >= 11 is 6.30. The van der Waals surface area contributed by atoms with Crippen molar-refractivity contribution in [3.63, 3.8) is 0 Å². The van der Waals surface area contributed by atoms with Crippen molar-refractivity contribution < 1.29 is 9.47 Å². The van der Waals surface area contributed by atoms with Gasteiger partial charge in [0, 0.05) is 12.6 Å². The molecule has 2 aromatic rings. The van der Waals surface area contributed by atoms with E-state index in [1.807, 2.05) is 12.1 Å². The number of aryl methyl sites for hydroxylation is 1. The maximum absolute atomic E-state index is 6.30. The van der Waals surface area contributed by atoms with Crippen LogP contribution in [0.2, 0.25) is 5.02 Å². The minimum atomic E-state index is 0.504. The summed E-state index contributed by atoms with van der Waals surface area (Å²) in [7, 11) is 3.39. The maximum atomic E-state index is 6.30. The molecule has 2 N–H and O–H groups in total. The van der Waals surface area contributed by atoms with Crippen molar-refractivity contribution in [2.75, 3.05) is 19.5 Å². The Bertz CT molecular complexity index is 665. The average Bonchev–Trinajstić information content (AvgIpc) is 3.23. The summed E-state index contributed by atoms with van der Waals surface area (Å²) in [5.74, 6) is 2.45. The number of nitrogen functional groups attached to an aromatic ring is 1. The lowest BCUT2D eigenvalue weighted by molar-refractivity contribution is 0.280. The van der Waals surface area contributed by atoms with Gasteiger partial charge in [0.2, 0.25) is 0 Å². The molecule has 0 spiro atoms. The number of anilines is 1. The number of hydrogen-bond acceptors (Lipinski definition) is 4. The number of rotatable bonds is 5. The van der Waals surface area contributed by atoms with Crippen LogP contribution in [0.3, 0.4) is 0 Å². The third-order valence-electron chi connectivity index (χ3n) is 3.68. The zero-order chi connectivity index (χ0) is 15.0. The number of benzene rings is 1. The number of halogens is 1. The summed E-state index contributed by atoms with van der Waals surface area (Å²) in [6.07, 6.45) is 4.18. The van der Waals surface area contributed by atoms with Crippen molar-refractivity contribution >= 4 is 17.4 Å². The van der Waals surface area contributed by atoms with Gasteiger partial charge in [0.1, 0.15) is 5.82 Å². The molecule has 1 aliphatic carbocycles. The van der Waals surface area contributed by atoms with Crippen LogP contribution in [0.15, 0.2) is 18.3 Å². The second-order valence-corrected chi connectivity index (χ2v) is 5.72. The molecule has 1 aromatic heterocycles. The molecule has 1 fully saturated rings. The second kappa shape index (κ2) is 5.48. The van der Waals surface area contributed by atoms with Gasteiger partial charge in [0.25, 0.3) is 0 Å². The summed E-state index contributed by atoms with van der Waals surface area (Å²) < 4.78 is 12.8. The van der Waals surface area contributed by atoms with Crippen molar-refractivity contribution in [1.29, 1.82) is 0 Å². The van der Waals surface area contributed by atoms with Crippen LogP contribution in [0.25, 0.3) is 11.1 Å². The molecule has 0 radical (unpaired) electrons.